The van der Waals surface area contributed by atoms with Crippen molar-refractivity contribution in [3.8, 4) is 0 Å². The van der Waals surface area contributed by atoms with Gasteiger partial charge in [0.15, 0.2) is 5.71 Å². The van der Waals surface area contributed by atoms with Gasteiger partial charge < -0.3 is 4.90 Å². The first-order valence-corrected chi connectivity index (χ1v) is 14.2. The standard InChI is InChI=1S/C37H39N2/c1-36(2)29-16-10-12-18-31(29)38(5)33(36)24-22-27-20-21-28(35(27)26-14-8-7-9-15-26)23-25-34-37(3,4)30-17-11-13-19-32(30)39(34)6/h7-19,22-24,28H,20-21H2,1-6H3/q+1/b24-22+. The van der Waals surface area contributed by atoms with E-state index in [4.69, 9.17) is 0 Å². The fourth-order valence-corrected chi connectivity index (χ4v) is 7.09. The summed E-state index contributed by atoms with van der Waals surface area (Å²) in [4.78, 5) is 2.32. The van der Waals surface area contributed by atoms with E-state index in [-0.39, 0.29) is 10.8 Å². The molecule has 39 heavy (non-hydrogen) atoms. The maximum Gasteiger partial charge on any atom is 0.209 e. The van der Waals surface area contributed by atoms with Crippen LogP contribution in [0.25, 0.3) is 5.57 Å². The van der Waals surface area contributed by atoms with E-state index in [1.807, 2.05) is 0 Å². The molecule has 0 aromatic heterocycles. The number of hydrogen-bond acceptors (Lipinski definition) is 1. The summed E-state index contributed by atoms with van der Waals surface area (Å²) in [6, 6.07) is 28.5. The number of rotatable bonds is 4. The zero-order chi connectivity index (χ0) is 27.4. The second-order valence-corrected chi connectivity index (χ2v) is 12.2. The van der Waals surface area contributed by atoms with Crippen LogP contribution in [0.1, 0.15) is 57.2 Å². The third-order valence-electron chi connectivity index (χ3n) is 9.20. The number of anilines is 1. The van der Waals surface area contributed by atoms with Crippen LogP contribution in [0.3, 0.4) is 0 Å². The minimum atomic E-state index is -0.0654. The molecule has 0 N–H and O–H groups in total. The van der Waals surface area contributed by atoms with Crippen molar-refractivity contribution in [2.45, 2.75) is 51.4 Å². The lowest BCUT2D eigenvalue weighted by atomic mass is 9.81. The van der Waals surface area contributed by atoms with Gasteiger partial charge in [-0.2, -0.15) is 4.58 Å². The highest BCUT2D eigenvalue weighted by Gasteiger charge is 2.43. The molecule has 1 aliphatic carbocycles. The lowest BCUT2D eigenvalue weighted by molar-refractivity contribution is -0.401. The third-order valence-corrected chi connectivity index (χ3v) is 9.20. The molecule has 2 heteroatoms. The summed E-state index contributed by atoms with van der Waals surface area (Å²) in [5.74, 6) is 0.337. The number of nitrogens with zero attached hydrogens (tertiary/aromatic N) is 2. The quantitative estimate of drug-likeness (QED) is 0.251. The number of para-hydroxylation sites is 2. The summed E-state index contributed by atoms with van der Waals surface area (Å²) < 4.78 is 2.36. The Morgan fingerprint density at radius 3 is 2.21 bits per heavy atom. The van der Waals surface area contributed by atoms with E-state index < -0.39 is 0 Å². The van der Waals surface area contributed by atoms with E-state index in [0.29, 0.717) is 5.92 Å². The topological polar surface area (TPSA) is 6.25 Å². The van der Waals surface area contributed by atoms with Crippen molar-refractivity contribution in [1.29, 1.82) is 0 Å². The van der Waals surface area contributed by atoms with Crippen molar-refractivity contribution < 1.29 is 4.58 Å². The average molecular weight is 512 g/mol. The van der Waals surface area contributed by atoms with Gasteiger partial charge in [-0.15, -0.1) is 5.73 Å². The van der Waals surface area contributed by atoms with Crippen LogP contribution in [0.15, 0.2) is 114 Å². The first-order chi connectivity index (χ1) is 18.7. The second-order valence-electron chi connectivity index (χ2n) is 12.2. The molecule has 0 saturated carbocycles. The molecule has 0 fully saturated rings. The van der Waals surface area contributed by atoms with Crippen LogP contribution >= 0.6 is 0 Å². The monoisotopic (exact) mass is 511 g/mol. The minimum absolute atomic E-state index is 0.0225. The highest BCUT2D eigenvalue weighted by Crippen LogP contribution is 2.47. The maximum atomic E-state index is 3.81. The van der Waals surface area contributed by atoms with Crippen molar-refractivity contribution in [3.05, 3.63) is 131 Å². The van der Waals surface area contributed by atoms with Crippen LogP contribution in [0.2, 0.25) is 0 Å². The molecule has 1 unspecified atom stereocenters. The van der Waals surface area contributed by atoms with Crippen LogP contribution in [0.4, 0.5) is 11.4 Å². The van der Waals surface area contributed by atoms with Gasteiger partial charge in [-0.1, -0.05) is 72.8 Å². The van der Waals surface area contributed by atoms with E-state index in [2.05, 4.69) is 154 Å². The summed E-state index contributed by atoms with van der Waals surface area (Å²) >= 11 is 0. The smallest absolute Gasteiger partial charge is 0.209 e. The maximum absolute atomic E-state index is 3.81. The molecule has 0 amide bonds. The first kappa shape index (κ1) is 25.4. The summed E-state index contributed by atoms with van der Waals surface area (Å²) in [6.07, 6.45) is 9.29. The molecule has 2 heterocycles. The molecule has 196 valence electrons. The van der Waals surface area contributed by atoms with Gasteiger partial charge >= 0.3 is 0 Å². The SMILES string of the molecule is CN1C(=C=CC2CCC(/C=C/C3=[N+](C)c4ccccc4C3(C)C)=C2c2ccccc2)C(C)(C)c2ccccc21. The van der Waals surface area contributed by atoms with Crippen molar-refractivity contribution >= 4 is 22.7 Å². The molecule has 3 aliphatic rings. The lowest BCUT2D eigenvalue weighted by Gasteiger charge is -2.22. The Balaban J connectivity index is 1.41. The zero-order valence-corrected chi connectivity index (χ0v) is 24.1. The molecule has 1 atom stereocenters. The number of benzene rings is 3. The summed E-state index contributed by atoms with van der Waals surface area (Å²) in [5.41, 5.74) is 15.9. The molecule has 6 rings (SSSR count). The van der Waals surface area contributed by atoms with E-state index in [1.165, 1.54) is 50.6 Å². The van der Waals surface area contributed by atoms with Crippen LogP contribution in [-0.2, 0) is 10.8 Å². The van der Waals surface area contributed by atoms with Crippen LogP contribution in [0.5, 0.6) is 0 Å². The fraction of sp³-hybridized carbons (Fsp3) is 0.297. The summed E-state index contributed by atoms with van der Waals surface area (Å²) in [5, 5.41) is 0. The van der Waals surface area contributed by atoms with E-state index in [1.54, 1.807) is 0 Å². The van der Waals surface area contributed by atoms with Gasteiger partial charge in [0.2, 0.25) is 5.69 Å². The van der Waals surface area contributed by atoms with Crippen molar-refractivity contribution in [1.82, 2.24) is 0 Å². The molecule has 0 radical (unpaired) electrons. The van der Waals surface area contributed by atoms with Crippen molar-refractivity contribution in [2.24, 2.45) is 5.92 Å². The summed E-state index contributed by atoms with van der Waals surface area (Å²) in [7, 11) is 4.37. The molecule has 0 bridgehead atoms. The molecule has 2 aliphatic heterocycles. The number of allylic oxidation sites excluding steroid dienone is 5. The second kappa shape index (κ2) is 9.40. The number of fused-ring (bicyclic) bond motifs is 2. The third kappa shape index (κ3) is 4.06. The Labute approximate surface area is 234 Å². The van der Waals surface area contributed by atoms with E-state index in [0.717, 1.165) is 12.8 Å². The van der Waals surface area contributed by atoms with E-state index in [9.17, 15) is 0 Å². The van der Waals surface area contributed by atoms with Crippen LogP contribution in [0, 0.1) is 5.92 Å². The fourth-order valence-electron chi connectivity index (χ4n) is 7.09. The minimum Gasteiger partial charge on any atom is -0.341 e. The molecular formula is C37H39N2+. The highest BCUT2D eigenvalue weighted by molar-refractivity contribution is 6.03. The zero-order valence-electron chi connectivity index (χ0n) is 24.1. The van der Waals surface area contributed by atoms with Gasteiger partial charge in [-0.25, -0.2) is 0 Å². The Morgan fingerprint density at radius 2 is 1.49 bits per heavy atom. The van der Waals surface area contributed by atoms with Crippen molar-refractivity contribution in [3.63, 3.8) is 0 Å². The normalized spacial score (nSPS) is 21.0. The van der Waals surface area contributed by atoms with Gasteiger partial charge in [0.05, 0.1) is 11.1 Å². The Bertz CT molecular complexity index is 1600. The Hall–Kier alpha value is -3.87. The van der Waals surface area contributed by atoms with Crippen LogP contribution in [-0.4, -0.2) is 24.4 Å². The molecule has 0 spiro atoms. The van der Waals surface area contributed by atoms with Gasteiger partial charge in [-0.05, 0) is 75.0 Å². The lowest BCUT2D eigenvalue weighted by Crippen LogP contribution is -2.26. The molecule has 3 aromatic rings. The van der Waals surface area contributed by atoms with Gasteiger partial charge in [0, 0.05) is 41.8 Å². The highest BCUT2D eigenvalue weighted by atomic mass is 15.2. The average Bonchev–Trinajstić information content (AvgIpc) is 3.49. The molecule has 2 nitrogen and oxygen atoms in total. The Kier molecular flexibility index (Phi) is 6.12. The largest absolute Gasteiger partial charge is 0.341 e. The predicted octanol–water partition coefficient (Wildman–Crippen LogP) is 8.58. The van der Waals surface area contributed by atoms with Crippen molar-refractivity contribution in [2.75, 3.05) is 19.0 Å². The summed E-state index contributed by atoms with van der Waals surface area (Å²) in [6.45, 7) is 9.31. The number of likely N-dealkylation sites (N-methyl/N-ethyl adjacent to an activating group) is 1. The Morgan fingerprint density at radius 1 is 0.821 bits per heavy atom. The van der Waals surface area contributed by atoms with Gasteiger partial charge in [0.25, 0.3) is 0 Å². The predicted molar refractivity (Wildman–Crippen MR) is 165 cm³/mol. The first-order valence-electron chi connectivity index (χ1n) is 14.2. The van der Waals surface area contributed by atoms with Gasteiger partial charge in [-0.3, -0.25) is 0 Å². The number of hydrogen-bond donors (Lipinski definition) is 0. The molecule has 0 saturated heterocycles. The molecule has 3 aromatic carbocycles. The van der Waals surface area contributed by atoms with Crippen LogP contribution < -0.4 is 4.90 Å². The van der Waals surface area contributed by atoms with E-state index >= 15 is 0 Å². The molecular weight excluding hydrogens is 472 g/mol. The van der Waals surface area contributed by atoms with Gasteiger partial charge in [0.1, 0.15) is 7.05 Å².